The number of pyridine rings is 1. The minimum atomic E-state index is -0.471. The largest absolute Gasteiger partial charge is 0.382 e. The lowest BCUT2D eigenvalue weighted by molar-refractivity contribution is 0.133. The summed E-state index contributed by atoms with van der Waals surface area (Å²) in [6.07, 6.45) is 1.76. The number of hydrogen-bond donors (Lipinski definition) is 2. The second-order valence-corrected chi connectivity index (χ2v) is 5.90. The molecule has 0 saturated heterocycles. The van der Waals surface area contributed by atoms with Gasteiger partial charge in [-0.1, -0.05) is 0 Å². The van der Waals surface area contributed by atoms with Gasteiger partial charge in [-0.15, -0.1) is 5.10 Å². The van der Waals surface area contributed by atoms with Crippen LogP contribution in [0.3, 0.4) is 0 Å². The maximum Gasteiger partial charge on any atom is 0.322 e. The van der Waals surface area contributed by atoms with E-state index in [9.17, 15) is 4.79 Å². The summed E-state index contributed by atoms with van der Waals surface area (Å²) in [5.41, 5.74) is 0.181. The van der Waals surface area contributed by atoms with E-state index < -0.39 is 5.54 Å². The molecule has 0 aliphatic heterocycles. The molecular formula is C12H16BrN5O2. The van der Waals surface area contributed by atoms with Crippen molar-refractivity contribution >= 4 is 33.6 Å². The summed E-state index contributed by atoms with van der Waals surface area (Å²) in [6.45, 7) is 4.14. The summed E-state index contributed by atoms with van der Waals surface area (Å²) in [7, 11) is 1.59. The second-order valence-electron chi connectivity index (χ2n) is 4.98. The van der Waals surface area contributed by atoms with Crippen LogP contribution in [-0.2, 0) is 4.74 Å². The molecule has 0 bridgehead atoms. The summed E-state index contributed by atoms with van der Waals surface area (Å²) in [5.74, 6) is 0.244. The van der Waals surface area contributed by atoms with Crippen LogP contribution >= 0.6 is 15.9 Å². The van der Waals surface area contributed by atoms with E-state index in [1.807, 2.05) is 19.9 Å². The molecule has 2 aromatic heterocycles. The first-order valence-electron chi connectivity index (χ1n) is 6.00. The van der Waals surface area contributed by atoms with Gasteiger partial charge in [0, 0.05) is 17.8 Å². The Hall–Kier alpha value is -1.67. The summed E-state index contributed by atoms with van der Waals surface area (Å²) in [5, 5.41) is 9.55. The van der Waals surface area contributed by atoms with Gasteiger partial charge >= 0.3 is 6.03 Å². The molecule has 0 fully saturated rings. The predicted octanol–water partition coefficient (Wildman–Crippen LogP) is 2.04. The van der Waals surface area contributed by atoms with E-state index in [4.69, 9.17) is 4.74 Å². The van der Waals surface area contributed by atoms with Crippen LogP contribution in [-0.4, -0.2) is 39.9 Å². The minimum absolute atomic E-state index is 0.244. The zero-order chi connectivity index (χ0) is 14.8. The molecule has 2 aromatic rings. The lowest BCUT2D eigenvalue weighted by Gasteiger charge is -2.24. The van der Waals surface area contributed by atoms with E-state index in [2.05, 4.69) is 36.6 Å². The standard InChI is InChI=1S/C12H16BrN5O2/c1-12(2,7-20-3)16-11(19)15-10-14-9-5-4-8(13)6-18(9)17-10/h4-6H,7H2,1-3H3,(H2,15,16,17,19). The zero-order valence-corrected chi connectivity index (χ0v) is 13.1. The maximum absolute atomic E-state index is 11.9. The Kier molecular flexibility index (Phi) is 4.24. The number of ether oxygens (including phenoxy) is 1. The van der Waals surface area contributed by atoms with Crippen molar-refractivity contribution in [2.24, 2.45) is 0 Å². The van der Waals surface area contributed by atoms with Gasteiger partial charge in [0.25, 0.3) is 5.95 Å². The van der Waals surface area contributed by atoms with E-state index in [0.717, 1.165) is 4.47 Å². The molecule has 0 spiro atoms. The van der Waals surface area contributed by atoms with Crippen molar-refractivity contribution in [2.45, 2.75) is 19.4 Å². The van der Waals surface area contributed by atoms with Crippen molar-refractivity contribution in [3.05, 3.63) is 22.8 Å². The fourth-order valence-corrected chi connectivity index (χ4v) is 2.07. The van der Waals surface area contributed by atoms with Crippen LogP contribution in [0.2, 0.25) is 0 Å². The number of urea groups is 1. The van der Waals surface area contributed by atoms with E-state index in [1.165, 1.54) is 0 Å². The third kappa shape index (κ3) is 3.67. The van der Waals surface area contributed by atoms with Crippen molar-refractivity contribution in [1.29, 1.82) is 0 Å². The number of carbonyl (C=O) groups is 1. The predicted molar refractivity (Wildman–Crippen MR) is 78.8 cm³/mol. The summed E-state index contributed by atoms with van der Waals surface area (Å²) < 4.78 is 7.50. The Morgan fingerprint density at radius 1 is 1.50 bits per heavy atom. The monoisotopic (exact) mass is 341 g/mol. The molecule has 0 aliphatic carbocycles. The Bertz CT molecular complexity index is 625. The van der Waals surface area contributed by atoms with Crippen LogP contribution in [0.15, 0.2) is 22.8 Å². The number of rotatable bonds is 4. The highest BCUT2D eigenvalue weighted by Crippen LogP contribution is 2.12. The number of halogens is 1. The number of fused-ring (bicyclic) bond motifs is 1. The van der Waals surface area contributed by atoms with Crippen LogP contribution in [0.25, 0.3) is 5.65 Å². The number of carbonyl (C=O) groups excluding carboxylic acids is 1. The highest BCUT2D eigenvalue weighted by Gasteiger charge is 2.20. The molecule has 7 nitrogen and oxygen atoms in total. The summed E-state index contributed by atoms with van der Waals surface area (Å²) in [6, 6.07) is 3.28. The first-order chi connectivity index (χ1) is 9.39. The van der Waals surface area contributed by atoms with E-state index in [0.29, 0.717) is 12.3 Å². The molecule has 0 atom stereocenters. The highest BCUT2D eigenvalue weighted by molar-refractivity contribution is 9.10. The van der Waals surface area contributed by atoms with Crippen LogP contribution in [0, 0.1) is 0 Å². The molecule has 20 heavy (non-hydrogen) atoms. The topological polar surface area (TPSA) is 80.5 Å². The van der Waals surface area contributed by atoms with Crippen molar-refractivity contribution in [3.63, 3.8) is 0 Å². The molecule has 2 heterocycles. The van der Waals surface area contributed by atoms with Crippen molar-refractivity contribution < 1.29 is 9.53 Å². The van der Waals surface area contributed by atoms with Gasteiger partial charge in [0.2, 0.25) is 0 Å². The molecule has 2 N–H and O–H groups in total. The molecule has 2 amide bonds. The number of nitrogens with one attached hydrogen (secondary N) is 2. The summed E-state index contributed by atoms with van der Waals surface area (Å²) in [4.78, 5) is 16.1. The van der Waals surface area contributed by atoms with Crippen LogP contribution < -0.4 is 10.6 Å². The molecule has 8 heteroatoms. The maximum atomic E-state index is 11.9. The van der Waals surface area contributed by atoms with Gasteiger partial charge in [-0.2, -0.15) is 4.98 Å². The van der Waals surface area contributed by atoms with Crippen molar-refractivity contribution in [1.82, 2.24) is 19.9 Å². The first-order valence-corrected chi connectivity index (χ1v) is 6.79. The lowest BCUT2D eigenvalue weighted by Crippen LogP contribution is -2.48. The Morgan fingerprint density at radius 2 is 2.25 bits per heavy atom. The molecule has 0 aliphatic rings. The number of hydrogen-bond acceptors (Lipinski definition) is 4. The quantitative estimate of drug-likeness (QED) is 0.891. The van der Waals surface area contributed by atoms with Crippen molar-refractivity contribution in [3.8, 4) is 0 Å². The Morgan fingerprint density at radius 3 is 2.95 bits per heavy atom. The average molecular weight is 342 g/mol. The van der Waals surface area contributed by atoms with Gasteiger partial charge < -0.3 is 10.1 Å². The third-order valence-corrected chi connectivity index (χ3v) is 2.95. The van der Waals surface area contributed by atoms with E-state index >= 15 is 0 Å². The van der Waals surface area contributed by atoms with E-state index in [-0.39, 0.29) is 12.0 Å². The van der Waals surface area contributed by atoms with Gasteiger partial charge in [0.15, 0.2) is 5.65 Å². The Balaban J connectivity index is 2.06. The fraction of sp³-hybridized carbons (Fsp3) is 0.417. The first kappa shape index (κ1) is 14.7. The minimum Gasteiger partial charge on any atom is -0.382 e. The average Bonchev–Trinajstić information content (AvgIpc) is 2.68. The molecule has 0 aromatic carbocycles. The molecule has 2 rings (SSSR count). The molecule has 108 valence electrons. The van der Waals surface area contributed by atoms with Crippen molar-refractivity contribution in [2.75, 3.05) is 19.0 Å². The number of aromatic nitrogens is 3. The van der Waals surface area contributed by atoms with Gasteiger partial charge in [-0.05, 0) is 41.9 Å². The van der Waals surface area contributed by atoms with E-state index in [1.54, 1.807) is 23.9 Å². The number of amides is 2. The van der Waals surface area contributed by atoms with Crippen LogP contribution in [0.5, 0.6) is 0 Å². The SMILES string of the molecule is COCC(C)(C)NC(=O)Nc1nc2ccc(Br)cn2n1. The van der Waals surface area contributed by atoms with Gasteiger partial charge in [0.05, 0.1) is 12.1 Å². The van der Waals surface area contributed by atoms with Gasteiger partial charge in [-0.3, -0.25) is 5.32 Å². The fourth-order valence-electron chi connectivity index (χ4n) is 1.75. The molecular weight excluding hydrogens is 326 g/mol. The Labute approximate surface area is 124 Å². The summed E-state index contributed by atoms with van der Waals surface area (Å²) >= 11 is 3.35. The number of methoxy groups -OCH3 is 1. The number of nitrogens with zero attached hydrogens (tertiary/aromatic N) is 3. The second kappa shape index (κ2) is 5.76. The number of anilines is 1. The zero-order valence-electron chi connectivity index (χ0n) is 11.5. The van der Waals surface area contributed by atoms with Gasteiger partial charge in [-0.25, -0.2) is 9.31 Å². The lowest BCUT2D eigenvalue weighted by atomic mass is 10.1. The molecule has 0 unspecified atom stereocenters. The molecule has 0 radical (unpaired) electrons. The third-order valence-electron chi connectivity index (χ3n) is 2.48. The van der Waals surface area contributed by atoms with Crippen LogP contribution in [0.4, 0.5) is 10.7 Å². The molecule has 0 saturated carbocycles. The van der Waals surface area contributed by atoms with Gasteiger partial charge in [0.1, 0.15) is 0 Å². The van der Waals surface area contributed by atoms with Crippen LogP contribution in [0.1, 0.15) is 13.8 Å². The normalized spacial score (nSPS) is 11.6. The highest BCUT2D eigenvalue weighted by atomic mass is 79.9. The smallest absolute Gasteiger partial charge is 0.322 e.